The van der Waals surface area contributed by atoms with Gasteiger partial charge in [0, 0.05) is 11.8 Å². The van der Waals surface area contributed by atoms with E-state index in [1.54, 1.807) is 26.1 Å². The Bertz CT molecular complexity index is 514. The maximum Gasteiger partial charge on any atom is 0.248 e. The van der Waals surface area contributed by atoms with E-state index in [4.69, 9.17) is 4.74 Å². The summed E-state index contributed by atoms with van der Waals surface area (Å²) in [6.07, 6.45) is 1.62. The van der Waals surface area contributed by atoms with Crippen LogP contribution in [0.25, 0.3) is 0 Å². The fraction of sp³-hybridized carbons (Fsp3) is 0.462. The summed E-state index contributed by atoms with van der Waals surface area (Å²) < 4.78 is 5.15. The third-order valence-corrected chi connectivity index (χ3v) is 3.01. The molecule has 1 aromatic rings. The van der Waals surface area contributed by atoms with Gasteiger partial charge in [-0.15, -0.1) is 0 Å². The molecule has 0 spiro atoms. The molecule has 0 aliphatic carbocycles. The molecule has 1 aliphatic heterocycles. The van der Waals surface area contributed by atoms with Gasteiger partial charge in [-0.1, -0.05) is 6.07 Å². The zero-order valence-corrected chi connectivity index (χ0v) is 11.3. The summed E-state index contributed by atoms with van der Waals surface area (Å²) in [4.78, 5) is 29.5. The highest BCUT2D eigenvalue weighted by atomic mass is 16.5. The minimum Gasteiger partial charge on any atom is -0.481 e. The molecule has 1 N–H and O–H groups in total. The van der Waals surface area contributed by atoms with Gasteiger partial charge in [0.2, 0.25) is 17.7 Å². The van der Waals surface area contributed by atoms with Gasteiger partial charge in [0.25, 0.3) is 0 Å². The second-order valence-corrected chi connectivity index (χ2v) is 5.01. The number of amides is 2. The van der Waals surface area contributed by atoms with E-state index in [-0.39, 0.29) is 18.4 Å². The number of hydrogen-bond donors (Lipinski definition) is 1. The second-order valence-electron chi connectivity index (χ2n) is 5.01. The van der Waals surface area contributed by atoms with E-state index in [0.717, 1.165) is 5.56 Å². The Morgan fingerprint density at radius 3 is 2.89 bits per heavy atom. The molecule has 1 aromatic heterocycles. The average molecular weight is 263 g/mol. The largest absolute Gasteiger partial charge is 0.481 e. The Morgan fingerprint density at radius 1 is 1.47 bits per heavy atom. The lowest BCUT2D eigenvalue weighted by atomic mass is 10.00. The lowest BCUT2D eigenvalue weighted by Crippen LogP contribution is -2.63. The van der Waals surface area contributed by atoms with Crippen molar-refractivity contribution < 1.29 is 14.3 Å². The zero-order chi connectivity index (χ0) is 14.0. The number of carbonyl (C=O) groups excluding carboxylic acids is 2. The highest BCUT2D eigenvalue weighted by Gasteiger charge is 2.39. The van der Waals surface area contributed by atoms with E-state index < -0.39 is 5.54 Å². The molecule has 1 aliphatic rings. The Balaban J connectivity index is 2.22. The molecule has 0 unspecified atom stereocenters. The predicted molar refractivity (Wildman–Crippen MR) is 68.4 cm³/mol. The van der Waals surface area contributed by atoms with Gasteiger partial charge in [-0.2, -0.15) is 0 Å². The smallest absolute Gasteiger partial charge is 0.248 e. The van der Waals surface area contributed by atoms with Crippen molar-refractivity contribution in [1.82, 2.24) is 15.2 Å². The summed E-state index contributed by atoms with van der Waals surface area (Å²) in [6, 6.07) is 3.61. The fourth-order valence-corrected chi connectivity index (χ4v) is 2.14. The normalized spacial score (nSPS) is 18.2. The molecule has 2 heterocycles. The maximum atomic E-state index is 12.2. The van der Waals surface area contributed by atoms with Gasteiger partial charge in [0.05, 0.1) is 20.2 Å². The molecule has 0 bridgehead atoms. The summed E-state index contributed by atoms with van der Waals surface area (Å²) >= 11 is 0. The van der Waals surface area contributed by atoms with Gasteiger partial charge >= 0.3 is 0 Å². The number of ether oxygens (including phenoxy) is 1. The van der Waals surface area contributed by atoms with Crippen molar-refractivity contribution in [3.05, 3.63) is 23.9 Å². The molecule has 0 atom stereocenters. The van der Waals surface area contributed by atoms with Crippen molar-refractivity contribution in [2.75, 3.05) is 13.7 Å². The molecule has 6 heteroatoms. The van der Waals surface area contributed by atoms with Gasteiger partial charge in [0.15, 0.2) is 0 Å². The third kappa shape index (κ3) is 2.67. The SMILES string of the molecule is COc1ncccc1CN1CC(=O)NC(C)(C)C1=O. The number of nitrogens with one attached hydrogen (secondary N) is 1. The van der Waals surface area contributed by atoms with Crippen LogP contribution in [-0.2, 0) is 16.1 Å². The van der Waals surface area contributed by atoms with E-state index in [0.29, 0.717) is 12.4 Å². The van der Waals surface area contributed by atoms with E-state index in [1.165, 1.54) is 12.0 Å². The molecule has 1 fully saturated rings. The minimum absolute atomic E-state index is 0.0559. The molecule has 0 radical (unpaired) electrons. The number of hydrogen-bond acceptors (Lipinski definition) is 4. The van der Waals surface area contributed by atoms with Crippen molar-refractivity contribution in [2.45, 2.75) is 25.9 Å². The van der Waals surface area contributed by atoms with Crippen LogP contribution in [0.1, 0.15) is 19.4 Å². The van der Waals surface area contributed by atoms with Gasteiger partial charge in [-0.3, -0.25) is 9.59 Å². The Labute approximate surface area is 111 Å². The van der Waals surface area contributed by atoms with Crippen LogP contribution in [0.4, 0.5) is 0 Å². The highest BCUT2D eigenvalue weighted by molar-refractivity contribution is 5.97. The Hall–Kier alpha value is -2.11. The zero-order valence-electron chi connectivity index (χ0n) is 11.3. The summed E-state index contributed by atoms with van der Waals surface area (Å²) in [5.74, 6) is 0.199. The van der Waals surface area contributed by atoms with Crippen molar-refractivity contribution >= 4 is 11.8 Å². The molecule has 0 saturated carbocycles. The van der Waals surface area contributed by atoms with Crippen LogP contribution in [0.15, 0.2) is 18.3 Å². The van der Waals surface area contributed by atoms with Gasteiger partial charge < -0.3 is 15.0 Å². The molecule has 0 aromatic carbocycles. The number of methoxy groups -OCH3 is 1. The minimum atomic E-state index is -0.870. The number of piperazine rings is 1. The number of pyridine rings is 1. The fourth-order valence-electron chi connectivity index (χ4n) is 2.14. The topological polar surface area (TPSA) is 71.5 Å². The van der Waals surface area contributed by atoms with Crippen molar-refractivity contribution in [3.8, 4) is 5.88 Å². The Morgan fingerprint density at radius 2 is 2.21 bits per heavy atom. The van der Waals surface area contributed by atoms with Crippen LogP contribution in [0.2, 0.25) is 0 Å². The van der Waals surface area contributed by atoms with E-state index >= 15 is 0 Å². The number of rotatable bonds is 3. The summed E-state index contributed by atoms with van der Waals surface area (Å²) in [6.45, 7) is 3.76. The van der Waals surface area contributed by atoms with Gasteiger partial charge in [-0.05, 0) is 19.9 Å². The lowest BCUT2D eigenvalue weighted by molar-refractivity contribution is -0.148. The summed E-state index contributed by atoms with van der Waals surface area (Å²) in [7, 11) is 1.53. The van der Waals surface area contributed by atoms with Gasteiger partial charge in [0.1, 0.15) is 5.54 Å². The van der Waals surface area contributed by atoms with Crippen molar-refractivity contribution in [2.24, 2.45) is 0 Å². The van der Waals surface area contributed by atoms with E-state index in [1.807, 2.05) is 6.07 Å². The maximum absolute atomic E-state index is 12.2. The molecule has 19 heavy (non-hydrogen) atoms. The van der Waals surface area contributed by atoms with Crippen LogP contribution in [0, 0.1) is 0 Å². The van der Waals surface area contributed by atoms with Crippen LogP contribution in [0.5, 0.6) is 5.88 Å². The first-order valence-electron chi connectivity index (χ1n) is 6.02. The molecule has 2 rings (SSSR count). The van der Waals surface area contributed by atoms with Crippen LogP contribution < -0.4 is 10.1 Å². The number of nitrogens with zero attached hydrogens (tertiary/aromatic N) is 2. The molecule has 2 amide bonds. The summed E-state index contributed by atoms with van der Waals surface area (Å²) in [5, 5.41) is 2.67. The van der Waals surface area contributed by atoms with E-state index in [2.05, 4.69) is 10.3 Å². The summed E-state index contributed by atoms with van der Waals surface area (Å²) in [5.41, 5.74) is -0.0889. The number of aromatic nitrogens is 1. The van der Waals surface area contributed by atoms with Gasteiger partial charge in [-0.25, -0.2) is 4.98 Å². The number of carbonyl (C=O) groups is 2. The van der Waals surface area contributed by atoms with Crippen molar-refractivity contribution in [1.29, 1.82) is 0 Å². The first-order valence-corrected chi connectivity index (χ1v) is 6.02. The Kier molecular flexibility index (Phi) is 3.42. The predicted octanol–water partition coefficient (Wildman–Crippen LogP) is 0.327. The standard InChI is InChI=1S/C13H17N3O3/c1-13(2)12(18)16(8-10(17)15-13)7-9-5-4-6-14-11(9)19-3/h4-6H,7-8H2,1-3H3,(H,15,17). The first-order chi connectivity index (χ1) is 8.94. The highest BCUT2D eigenvalue weighted by Crippen LogP contribution is 2.20. The second kappa shape index (κ2) is 4.87. The van der Waals surface area contributed by atoms with Crippen LogP contribution >= 0.6 is 0 Å². The lowest BCUT2D eigenvalue weighted by Gasteiger charge is -2.37. The molecular formula is C13H17N3O3. The quantitative estimate of drug-likeness (QED) is 0.853. The van der Waals surface area contributed by atoms with Crippen LogP contribution in [-0.4, -0.2) is 40.9 Å². The molecule has 6 nitrogen and oxygen atoms in total. The van der Waals surface area contributed by atoms with Crippen LogP contribution in [0.3, 0.4) is 0 Å². The average Bonchev–Trinajstić information content (AvgIpc) is 2.35. The monoisotopic (exact) mass is 263 g/mol. The molecule has 1 saturated heterocycles. The van der Waals surface area contributed by atoms with Crippen molar-refractivity contribution in [3.63, 3.8) is 0 Å². The molecular weight excluding hydrogens is 246 g/mol. The first kappa shape index (κ1) is 13.3. The third-order valence-electron chi connectivity index (χ3n) is 3.01. The van der Waals surface area contributed by atoms with E-state index in [9.17, 15) is 9.59 Å². The molecule has 102 valence electrons.